The minimum absolute atomic E-state index is 0.125. The first kappa shape index (κ1) is 114. The molecule has 34 heteroatoms. The molecule has 4 aliphatic rings. The number of H-pyrrole nitrogens is 1. The van der Waals surface area contributed by atoms with Crippen molar-refractivity contribution in [3.05, 3.63) is 48.5 Å². The van der Waals surface area contributed by atoms with Gasteiger partial charge in [0.25, 0.3) is 0 Å². The number of carboxylic acids is 1. The van der Waals surface area contributed by atoms with Gasteiger partial charge in [-0.15, -0.1) is 0 Å². The van der Waals surface area contributed by atoms with Crippen LogP contribution in [0.4, 0.5) is 0 Å². The van der Waals surface area contributed by atoms with E-state index in [2.05, 4.69) is 47.2 Å². The Hall–Kier alpha value is -3.46. The third-order valence-corrected chi connectivity index (χ3v) is 14.6. The number of rotatable bonds is 38. The van der Waals surface area contributed by atoms with Crippen LogP contribution in [0.25, 0.3) is 0 Å². The molecule has 4 saturated heterocycles. The van der Waals surface area contributed by atoms with Crippen LogP contribution in [0.5, 0.6) is 5.75 Å². The molecule has 1 aromatic heterocycles. The van der Waals surface area contributed by atoms with Gasteiger partial charge in [0.15, 0.2) is 0 Å². The molecule has 1 unspecified atom stereocenters. The largest absolute Gasteiger partial charge is 0.492 e. The summed E-state index contributed by atoms with van der Waals surface area (Å²) in [6.07, 6.45) is 21.7. The molecule has 4 fully saturated rings. The molecule has 6 rings (SSSR count). The number of nitrogens with zero attached hydrogens (tertiary/aromatic N) is 6. The van der Waals surface area contributed by atoms with Gasteiger partial charge in [0, 0.05) is 149 Å². The first-order valence-corrected chi connectivity index (χ1v) is 38.0. The summed E-state index contributed by atoms with van der Waals surface area (Å²) >= 11 is 0. The van der Waals surface area contributed by atoms with Gasteiger partial charge >= 0.3 is 5.97 Å². The number of para-hydroxylation sites is 1. The molecule has 0 aliphatic carbocycles. The van der Waals surface area contributed by atoms with E-state index < -0.39 is 24.2 Å². The second-order valence-corrected chi connectivity index (χ2v) is 24.2. The highest BCUT2D eigenvalue weighted by Crippen LogP contribution is 2.09. The number of aliphatic carboxylic acids is 1. The fourth-order valence-electron chi connectivity index (χ4n) is 8.41. The van der Waals surface area contributed by atoms with Crippen molar-refractivity contribution in [2.45, 2.75) is 134 Å². The van der Waals surface area contributed by atoms with E-state index in [-0.39, 0.29) is 59.2 Å². The van der Waals surface area contributed by atoms with Gasteiger partial charge in [0.1, 0.15) is 18.4 Å². The van der Waals surface area contributed by atoms with Crippen molar-refractivity contribution in [3.8, 4) is 5.75 Å². The maximum absolute atomic E-state index is 10.3. The van der Waals surface area contributed by atoms with Gasteiger partial charge in [-0.1, -0.05) is 37.5 Å². The van der Waals surface area contributed by atoms with E-state index in [1.54, 1.807) is 6.20 Å². The van der Waals surface area contributed by atoms with E-state index in [9.17, 15) is 4.79 Å². The first-order valence-electron chi connectivity index (χ1n) is 38.0. The lowest BCUT2D eigenvalue weighted by atomic mass is 10.1. The van der Waals surface area contributed by atoms with Crippen LogP contribution in [0, 0.1) is 0 Å². The number of imidazole rings is 1. The molecule has 0 bridgehead atoms. The van der Waals surface area contributed by atoms with E-state index in [1.165, 1.54) is 110 Å². The van der Waals surface area contributed by atoms with E-state index in [1.807, 2.05) is 35.2 Å². The lowest BCUT2D eigenvalue weighted by Gasteiger charge is -2.32. The number of aromatic nitrogens is 2. The van der Waals surface area contributed by atoms with Crippen LogP contribution in [-0.2, 0) is 11.2 Å². The number of carbonyl (C=O) groups is 1. The lowest BCUT2D eigenvalue weighted by Crippen LogP contribution is -2.44. The summed E-state index contributed by atoms with van der Waals surface area (Å²) < 4.78 is 5.23. The molecule has 0 amide bonds. The number of hydrogen-bond donors (Lipinski definition) is 26. The number of nitrogens with two attached hydrogens (primary N) is 12. The molecular formula is C70H163N21O13. The minimum Gasteiger partial charge on any atom is -0.492 e. The van der Waals surface area contributed by atoms with Crippen LogP contribution in [0.1, 0.15) is 115 Å². The second kappa shape index (κ2) is 102. The van der Waals surface area contributed by atoms with Gasteiger partial charge in [-0.2, -0.15) is 0 Å². The van der Waals surface area contributed by atoms with E-state index in [4.69, 9.17) is 130 Å². The zero-order valence-corrected chi connectivity index (χ0v) is 64.7. The molecule has 5 heterocycles. The number of unbranched alkanes of at least 4 members (excludes halogenated alkanes) is 6. The van der Waals surface area contributed by atoms with E-state index in [0.29, 0.717) is 59.1 Å². The minimum atomic E-state index is -1.00. The molecule has 34 nitrogen and oxygen atoms in total. The number of piperazine rings is 2. The number of aromatic amines is 1. The maximum Gasteiger partial charge on any atom is 0.320 e. The summed E-state index contributed by atoms with van der Waals surface area (Å²) in [5.41, 5.74) is 63.1. The standard InChI is InChI=1S/C8H19N3.C8H11NO.2C7H16N2.C6H9N3O2.C6H16N2O2.C6H15NO.C5H13NO.C4H10N2.C4H11NO.2C3H9NO2.C3H9NO/c1-10-5-7-11(8-6-10)4-2-3-9;9-6-7-10-8-4-2-1-3-5-8;8-4-3-7-9-5-1-2-6-9;8-4-7-9-5-2-1-3-6-9;7-5(6(10)11)1-4-2-8-3-9-4;7-1-2-8(3-5-9)4-6-10;7-5-3-1-2-4-6-8;6-4-2-1-3-5-7;1-2-6-4-3-5-1;5-3-1-2-4-6;4-3(1-5)2-6;4-1-3(6)2-5;4-2-1-3-5/h2-9H2,1H3;1-5H,6-7,9H2;2*1-8H2;2-3,5H,1,7H2,(H,8,9)(H,10,11);9-10H,1-7H2;8H,1-7H2;7H,1-6H2;5-6H,1-4H2;6H,1-5H2;2*3,5-6H,1-2,4H2;5H,1-4H2/t;;;;5-;;;;;;;;/m....1......../s1. The molecule has 38 N–H and O–H groups in total. The number of aliphatic hydroxyl groups is 10. The fraction of sp³-hybridized carbons (Fsp3) is 0.857. The molecule has 104 heavy (non-hydrogen) atoms. The molecular weight excluding hydrogens is 1340 g/mol. The zero-order valence-electron chi connectivity index (χ0n) is 64.7. The van der Waals surface area contributed by atoms with Crippen molar-refractivity contribution < 1.29 is 65.7 Å². The summed E-state index contributed by atoms with van der Waals surface area (Å²) in [5.74, 6) is -0.118. The first-order chi connectivity index (χ1) is 50.4. The number of likely N-dealkylation sites (tertiary alicyclic amines) is 2. The van der Waals surface area contributed by atoms with Crippen LogP contribution in [-0.4, -0.2) is 371 Å². The summed E-state index contributed by atoms with van der Waals surface area (Å²) in [7, 11) is 2.18. The van der Waals surface area contributed by atoms with Crippen LogP contribution in [0.15, 0.2) is 42.9 Å². The number of benzene rings is 1. The highest BCUT2D eigenvalue weighted by Gasteiger charge is 2.14. The molecule has 4 aliphatic heterocycles. The Morgan fingerprint density at radius 1 is 0.490 bits per heavy atom. The molecule has 2 aromatic rings. The van der Waals surface area contributed by atoms with E-state index >= 15 is 0 Å². The molecule has 626 valence electrons. The van der Waals surface area contributed by atoms with Gasteiger partial charge in [0.2, 0.25) is 0 Å². The number of likely N-dealkylation sites (N-methyl/N-ethyl adjacent to an activating group) is 1. The zero-order chi connectivity index (χ0) is 79.4. The Morgan fingerprint density at radius 3 is 1.24 bits per heavy atom. The molecule has 0 spiro atoms. The highest BCUT2D eigenvalue weighted by molar-refractivity contribution is 5.73. The van der Waals surface area contributed by atoms with Crippen LogP contribution in [0.3, 0.4) is 0 Å². The third-order valence-electron chi connectivity index (χ3n) is 14.6. The van der Waals surface area contributed by atoms with Crippen molar-refractivity contribution >= 4 is 5.97 Å². The number of aliphatic hydroxyl groups excluding tert-OH is 10. The SMILES string of the molecule is C1CNCCN1.CN1CCN(CCCN)CC1.NC(CO)CO.NCC(O)CO.NCCCCCCO.NCCCCCO.NCCCCO.NCCCN1CCCC1.NCCCO.NCCN(CCO)CCO.NCCN1CCCCC1.NCCOc1ccccc1.N[C@H](Cc1cnc[nH]1)C(=O)O. The normalized spacial score (nSPS) is 14.5. The maximum atomic E-state index is 10.3. The Kier molecular flexibility index (Phi) is 111. The van der Waals surface area contributed by atoms with Crippen molar-refractivity contribution in [2.75, 3.05) is 256 Å². The van der Waals surface area contributed by atoms with Gasteiger partial charge in [-0.25, -0.2) is 4.98 Å². The van der Waals surface area contributed by atoms with E-state index in [0.717, 1.165) is 154 Å². The number of ether oxygens (including phenoxy) is 1. The van der Waals surface area contributed by atoms with Gasteiger partial charge in [-0.05, 0) is 188 Å². The Bertz CT molecular complexity index is 1700. The van der Waals surface area contributed by atoms with Crippen molar-refractivity contribution in [1.82, 2.24) is 45.1 Å². The molecule has 1 aromatic carbocycles. The Morgan fingerprint density at radius 2 is 0.913 bits per heavy atom. The monoisotopic (exact) mass is 1510 g/mol. The van der Waals surface area contributed by atoms with Crippen molar-refractivity contribution in [1.29, 1.82) is 0 Å². The third kappa shape index (κ3) is 101. The Labute approximate surface area is 627 Å². The quantitative estimate of drug-likeness (QED) is 0.0279. The molecule has 0 saturated carbocycles. The number of piperidine rings is 1. The van der Waals surface area contributed by atoms with Crippen LogP contribution in [0.2, 0.25) is 0 Å². The van der Waals surface area contributed by atoms with Crippen molar-refractivity contribution in [3.63, 3.8) is 0 Å². The molecule has 2 atom stereocenters. The van der Waals surface area contributed by atoms with Crippen molar-refractivity contribution in [2.24, 2.45) is 68.8 Å². The lowest BCUT2D eigenvalue weighted by molar-refractivity contribution is -0.138. The average Bonchev–Trinajstić information content (AvgIpc) is 1.36. The average molecular weight is 1510 g/mol. The smallest absolute Gasteiger partial charge is 0.320 e. The summed E-state index contributed by atoms with van der Waals surface area (Å²) in [4.78, 5) is 28.5. The predicted octanol–water partition coefficient (Wildman–Crippen LogP) is -5.51. The van der Waals surface area contributed by atoms with Crippen LogP contribution >= 0.6 is 0 Å². The topological polar surface area (TPSA) is 630 Å². The van der Waals surface area contributed by atoms with Gasteiger partial charge < -0.3 is 165 Å². The van der Waals surface area contributed by atoms with Gasteiger partial charge in [-0.3, -0.25) is 9.69 Å². The highest BCUT2D eigenvalue weighted by atomic mass is 16.5. The summed E-state index contributed by atoms with van der Waals surface area (Å²) in [6, 6.07) is 8.35. The number of nitrogens with one attached hydrogen (secondary N) is 3. The Balaban J connectivity index is -0.000000197. The fourth-order valence-corrected chi connectivity index (χ4v) is 8.41. The number of hydrogen-bond acceptors (Lipinski definition) is 32. The summed E-state index contributed by atoms with van der Waals surface area (Å²) in [6.45, 7) is 28.0. The predicted molar refractivity (Wildman–Crippen MR) is 426 cm³/mol. The second-order valence-electron chi connectivity index (χ2n) is 24.2. The molecule has 0 radical (unpaired) electrons. The summed E-state index contributed by atoms with van der Waals surface area (Å²) in [5, 5.41) is 97.0. The van der Waals surface area contributed by atoms with Crippen LogP contribution < -0.4 is 84.2 Å². The van der Waals surface area contributed by atoms with Gasteiger partial charge in [0.05, 0.1) is 51.5 Å². The number of carboxylic acid groups (broad SMARTS) is 1.